The lowest BCUT2D eigenvalue weighted by molar-refractivity contribution is -0.126. The van der Waals surface area contributed by atoms with Crippen molar-refractivity contribution in [2.45, 2.75) is 46.1 Å². The molecule has 186 valence electrons. The molecule has 1 fully saturated rings. The van der Waals surface area contributed by atoms with Crippen LogP contribution in [0.4, 0.5) is 0 Å². The molecule has 0 aliphatic carbocycles. The maximum absolute atomic E-state index is 13.7. The van der Waals surface area contributed by atoms with E-state index in [9.17, 15) is 9.59 Å². The minimum absolute atomic E-state index is 0.0329. The van der Waals surface area contributed by atoms with Crippen LogP contribution in [0.25, 0.3) is 22.3 Å². The van der Waals surface area contributed by atoms with Crippen LogP contribution < -0.4 is 5.32 Å². The van der Waals surface area contributed by atoms with Crippen molar-refractivity contribution in [1.29, 1.82) is 0 Å². The van der Waals surface area contributed by atoms with E-state index in [1.54, 1.807) is 13.3 Å². The zero-order valence-electron chi connectivity index (χ0n) is 21.1. The number of carbonyl (C=O) groups excluding carboxylic acids is 2. The molecule has 1 saturated heterocycles. The lowest BCUT2D eigenvalue weighted by atomic mass is 9.95. The number of hydrogen-bond donors (Lipinski definition) is 1. The maximum Gasteiger partial charge on any atom is 0.254 e. The molecule has 0 unspecified atom stereocenters. The second-order valence-corrected chi connectivity index (χ2v) is 9.49. The van der Waals surface area contributed by atoms with Crippen molar-refractivity contribution >= 4 is 22.8 Å². The summed E-state index contributed by atoms with van der Waals surface area (Å²) in [6, 6.07) is 10.1. The number of fused-ring (bicyclic) bond motifs is 1. The van der Waals surface area contributed by atoms with Gasteiger partial charge >= 0.3 is 0 Å². The summed E-state index contributed by atoms with van der Waals surface area (Å²) in [5.74, 6) is -0.0284. The van der Waals surface area contributed by atoms with Gasteiger partial charge in [0.25, 0.3) is 5.91 Å². The Balaban J connectivity index is 1.57. The highest BCUT2D eigenvalue weighted by Gasteiger charge is 2.29. The Morgan fingerprint density at radius 1 is 1.20 bits per heavy atom. The molecule has 4 rings (SSSR count). The third kappa shape index (κ3) is 5.37. The Kier molecular flexibility index (Phi) is 7.80. The number of piperidine rings is 1. The van der Waals surface area contributed by atoms with Gasteiger partial charge in [0.05, 0.1) is 22.8 Å². The van der Waals surface area contributed by atoms with Crippen LogP contribution in [0.15, 0.2) is 36.5 Å². The molecule has 8 heteroatoms. The molecule has 2 amide bonds. The number of ether oxygens (including phenoxy) is 1. The Labute approximate surface area is 206 Å². The summed E-state index contributed by atoms with van der Waals surface area (Å²) in [6.45, 7) is 8.51. The second-order valence-electron chi connectivity index (χ2n) is 9.49. The van der Waals surface area contributed by atoms with Gasteiger partial charge < -0.3 is 15.0 Å². The molecule has 35 heavy (non-hydrogen) atoms. The zero-order chi connectivity index (χ0) is 24.9. The van der Waals surface area contributed by atoms with Crippen LogP contribution in [-0.2, 0) is 9.53 Å². The molecular formula is C27H35N5O3. The third-order valence-corrected chi connectivity index (χ3v) is 6.68. The monoisotopic (exact) mass is 477 g/mol. The van der Waals surface area contributed by atoms with E-state index in [0.717, 1.165) is 34.3 Å². The predicted molar refractivity (Wildman–Crippen MR) is 136 cm³/mol. The van der Waals surface area contributed by atoms with Gasteiger partial charge in [0.15, 0.2) is 5.65 Å². The highest BCUT2D eigenvalue weighted by atomic mass is 16.5. The maximum atomic E-state index is 13.7. The molecule has 1 aromatic carbocycles. The van der Waals surface area contributed by atoms with Crippen LogP contribution in [0.5, 0.6) is 0 Å². The van der Waals surface area contributed by atoms with E-state index < -0.39 is 0 Å². The van der Waals surface area contributed by atoms with Gasteiger partial charge in [-0.1, -0.05) is 24.3 Å². The van der Waals surface area contributed by atoms with Crippen molar-refractivity contribution in [3.05, 3.63) is 47.7 Å². The number of rotatable bonds is 8. The number of hydrogen-bond acceptors (Lipinski definition) is 5. The molecule has 0 radical (unpaired) electrons. The number of pyridine rings is 1. The van der Waals surface area contributed by atoms with Gasteiger partial charge in [0.1, 0.15) is 0 Å². The fraction of sp³-hybridized carbons (Fsp3) is 0.481. The molecule has 3 aromatic rings. The number of carbonyl (C=O) groups is 2. The third-order valence-electron chi connectivity index (χ3n) is 6.68. The van der Waals surface area contributed by atoms with E-state index in [1.165, 1.54) is 0 Å². The van der Waals surface area contributed by atoms with Crippen LogP contribution in [-0.4, -0.2) is 64.8 Å². The van der Waals surface area contributed by atoms with Crippen LogP contribution >= 0.6 is 0 Å². The molecule has 3 heterocycles. The van der Waals surface area contributed by atoms with E-state index in [1.807, 2.05) is 46.8 Å². The number of nitrogens with one attached hydrogen (secondary N) is 1. The summed E-state index contributed by atoms with van der Waals surface area (Å²) in [4.78, 5) is 33.0. The molecular weight excluding hydrogens is 442 g/mol. The highest BCUT2D eigenvalue weighted by Crippen LogP contribution is 2.30. The molecule has 1 N–H and O–H groups in total. The van der Waals surface area contributed by atoms with Crippen molar-refractivity contribution in [3.8, 4) is 11.3 Å². The Morgan fingerprint density at radius 2 is 1.94 bits per heavy atom. The average molecular weight is 478 g/mol. The first-order valence-electron chi connectivity index (χ1n) is 12.4. The summed E-state index contributed by atoms with van der Waals surface area (Å²) < 4.78 is 6.90. The SMILES string of the molecule is COCCCNC(=O)C1CCN(C(=O)c2cc(-c3ccccc3C)nc3c2cnn3C(C)C)CC1. The van der Waals surface area contributed by atoms with E-state index >= 15 is 0 Å². The van der Waals surface area contributed by atoms with Crippen LogP contribution in [0.1, 0.15) is 55.1 Å². The number of aromatic nitrogens is 3. The first-order chi connectivity index (χ1) is 16.9. The standard InChI is InChI=1S/C27H35N5O3/c1-18(2)32-25-23(17-29-32)22(16-24(30-25)21-9-6-5-8-19(21)3)27(34)31-13-10-20(11-14-31)26(33)28-12-7-15-35-4/h5-6,8-9,16-18,20H,7,10-15H2,1-4H3,(H,28,33). The summed E-state index contributed by atoms with van der Waals surface area (Å²) >= 11 is 0. The van der Waals surface area contributed by atoms with E-state index in [-0.39, 0.29) is 23.8 Å². The van der Waals surface area contributed by atoms with E-state index in [0.29, 0.717) is 44.6 Å². The van der Waals surface area contributed by atoms with Gasteiger partial charge in [-0.25, -0.2) is 9.67 Å². The minimum Gasteiger partial charge on any atom is -0.385 e. The normalized spacial score (nSPS) is 14.6. The van der Waals surface area contributed by atoms with Crippen LogP contribution in [0.3, 0.4) is 0 Å². The first kappa shape index (κ1) is 24.9. The van der Waals surface area contributed by atoms with Gasteiger partial charge in [-0.3, -0.25) is 9.59 Å². The Bertz CT molecular complexity index is 1190. The van der Waals surface area contributed by atoms with E-state index in [4.69, 9.17) is 9.72 Å². The Hall–Kier alpha value is -3.26. The fourth-order valence-corrected chi connectivity index (χ4v) is 4.66. The summed E-state index contributed by atoms with van der Waals surface area (Å²) in [5.41, 5.74) is 4.21. The second kappa shape index (κ2) is 11.0. The largest absolute Gasteiger partial charge is 0.385 e. The highest BCUT2D eigenvalue weighted by molar-refractivity contribution is 6.06. The molecule has 0 saturated carbocycles. The number of likely N-dealkylation sites (tertiary alicyclic amines) is 1. The van der Waals surface area contributed by atoms with E-state index in [2.05, 4.69) is 24.3 Å². The molecule has 1 aliphatic heterocycles. The van der Waals surface area contributed by atoms with Crippen molar-refractivity contribution in [3.63, 3.8) is 0 Å². The smallest absolute Gasteiger partial charge is 0.254 e. The molecule has 0 bridgehead atoms. The van der Waals surface area contributed by atoms with Gasteiger partial charge in [-0.05, 0) is 51.7 Å². The molecule has 2 aromatic heterocycles. The zero-order valence-corrected chi connectivity index (χ0v) is 21.1. The average Bonchev–Trinajstić information content (AvgIpc) is 3.30. The molecule has 8 nitrogen and oxygen atoms in total. The number of benzene rings is 1. The molecule has 0 atom stereocenters. The predicted octanol–water partition coefficient (Wildman–Crippen LogP) is 3.99. The Morgan fingerprint density at radius 3 is 2.63 bits per heavy atom. The van der Waals surface area contributed by atoms with Crippen LogP contribution in [0.2, 0.25) is 0 Å². The van der Waals surface area contributed by atoms with Crippen LogP contribution in [0, 0.1) is 12.8 Å². The number of amides is 2. The van der Waals surface area contributed by atoms with Crippen molar-refractivity contribution in [2.75, 3.05) is 33.4 Å². The number of aryl methyl sites for hydroxylation is 1. The number of nitrogens with zero attached hydrogens (tertiary/aromatic N) is 4. The van der Waals surface area contributed by atoms with Gasteiger partial charge in [-0.15, -0.1) is 0 Å². The van der Waals surface area contributed by atoms with Gasteiger partial charge in [-0.2, -0.15) is 5.10 Å². The van der Waals surface area contributed by atoms with Crippen molar-refractivity contribution in [1.82, 2.24) is 25.0 Å². The lowest BCUT2D eigenvalue weighted by Crippen LogP contribution is -2.43. The molecule has 1 aliphatic rings. The van der Waals surface area contributed by atoms with Gasteiger partial charge in [0.2, 0.25) is 5.91 Å². The summed E-state index contributed by atoms with van der Waals surface area (Å²) in [6.07, 6.45) is 3.86. The van der Waals surface area contributed by atoms with Crippen molar-refractivity contribution < 1.29 is 14.3 Å². The van der Waals surface area contributed by atoms with Crippen molar-refractivity contribution in [2.24, 2.45) is 5.92 Å². The number of methoxy groups -OCH3 is 1. The quantitative estimate of drug-likeness (QED) is 0.496. The topological polar surface area (TPSA) is 89.3 Å². The molecule has 0 spiro atoms. The fourth-order valence-electron chi connectivity index (χ4n) is 4.66. The first-order valence-corrected chi connectivity index (χ1v) is 12.4. The summed E-state index contributed by atoms with van der Waals surface area (Å²) in [5, 5.41) is 8.29. The van der Waals surface area contributed by atoms with Gasteiger partial charge in [0, 0.05) is 50.9 Å². The lowest BCUT2D eigenvalue weighted by Gasteiger charge is -2.31. The summed E-state index contributed by atoms with van der Waals surface area (Å²) in [7, 11) is 1.66. The minimum atomic E-state index is -0.0646.